The molecule has 474 valence electrons. The van der Waals surface area contributed by atoms with Gasteiger partial charge in [0.2, 0.25) is 0 Å². The van der Waals surface area contributed by atoms with Crippen molar-refractivity contribution in [1.82, 2.24) is 0 Å². The van der Waals surface area contributed by atoms with Gasteiger partial charge in [-0.2, -0.15) is 0 Å². The second kappa shape index (κ2) is 69.9. The molecule has 81 heavy (non-hydrogen) atoms. The van der Waals surface area contributed by atoms with Gasteiger partial charge < -0.3 is 14.2 Å². The Morgan fingerprint density at radius 1 is 0.247 bits per heavy atom. The molecule has 0 rings (SSSR count). The molecule has 1 unspecified atom stereocenters. The highest BCUT2D eigenvalue weighted by molar-refractivity contribution is 5.71. The summed E-state index contributed by atoms with van der Waals surface area (Å²) in [4.78, 5) is 38.4. The zero-order valence-electron chi connectivity index (χ0n) is 54.6. The summed E-state index contributed by atoms with van der Waals surface area (Å²) < 4.78 is 17.0. The van der Waals surface area contributed by atoms with Crippen molar-refractivity contribution in [2.24, 2.45) is 0 Å². The third-order valence-corrected chi connectivity index (χ3v) is 16.3. The fourth-order valence-electron chi connectivity index (χ4n) is 10.8. The Labute approximate surface area is 505 Å². The minimum absolute atomic E-state index is 0.0720. The summed E-state index contributed by atoms with van der Waals surface area (Å²) in [5.41, 5.74) is 0. The molecule has 0 aliphatic carbocycles. The van der Waals surface area contributed by atoms with Crippen LogP contribution in [-0.4, -0.2) is 37.2 Å². The van der Waals surface area contributed by atoms with Gasteiger partial charge in [-0.05, 0) is 77.0 Å². The number of unbranched alkanes of at least 4 members (excludes halogenated alkanes) is 48. The molecule has 0 aliphatic heterocycles. The first-order valence-electron chi connectivity index (χ1n) is 36.1. The molecule has 0 aromatic carbocycles. The van der Waals surface area contributed by atoms with E-state index in [1.54, 1.807) is 0 Å². The topological polar surface area (TPSA) is 78.9 Å². The largest absolute Gasteiger partial charge is 0.462 e. The quantitative estimate of drug-likeness (QED) is 0.0261. The molecule has 0 N–H and O–H groups in total. The minimum Gasteiger partial charge on any atom is -0.462 e. The lowest BCUT2D eigenvalue weighted by Gasteiger charge is -2.18. The number of allylic oxidation sites excluding steroid dienone is 8. The van der Waals surface area contributed by atoms with Gasteiger partial charge in [-0.25, -0.2) is 0 Å². The molecule has 0 fully saturated rings. The summed E-state index contributed by atoms with van der Waals surface area (Å²) in [6, 6.07) is 0. The lowest BCUT2D eigenvalue weighted by molar-refractivity contribution is -0.167. The highest BCUT2D eigenvalue weighted by Crippen LogP contribution is 2.18. The molecule has 0 aliphatic rings. The van der Waals surface area contributed by atoms with Gasteiger partial charge in [-0.1, -0.05) is 345 Å². The number of esters is 3. The smallest absolute Gasteiger partial charge is 0.306 e. The van der Waals surface area contributed by atoms with Gasteiger partial charge in [-0.15, -0.1) is 0 Å². The van der Waals surface area contributed by atoms with Crippen LogP contribution >= 0.6 is 0 Å². The van der Waals surface area contributed by atoms with Crippen molar-refractivity contribution in [2.75, 3.05) is 13.2 Å². The fourth-order valence-corrected chi connectivity index (χ4v) is 10.8. The normalized spacial score (nSPS) is 12.3. The van der Waals surface area contributed by atoms with E-state index in [9.17, 15) is 14.4 Å². The monoisotopic (exact) mass is 1140 g/mol. The Hall–Kier alpha value is -2.63. The fraction of sp³-hybridized carbons (Fsp3) is 0.853. The Morgan fingerprint density at radius 2 is 0.457 bits per heavy atom. The predicted molar refractivity (Wildman–Crippen MR) is 353 cm³/mol. The lowest BCUT2D eigenvalue weighted by atomic mass is 10.0. The number of carbonyl (C=O) groups is 3. The van der Waals surface area contributed by atoms with Crippen LogP contribution in [0.15, 0.2) is 48.6 Å². The van der Waals surface area contributed by atoms with E-state index in [1.807, 2.05) is 0 Å². The third-order valence-electron chi connectivity index (χ3n) is 16.3. The molecule has 0 bridgehead atoms. The van der Waals surface area contributed by atoms with Gasteiger partial charge in [0.1, 0.15) is 13.2 Å². The van der Waals surface area contributed by atoms with Crippen LogP contribution in [0.5, 0.6) is 0 Å². The van der Waals surface area contributed by atoms with Crippen LogP contribution < -0.4 is 0 Å². The minimum atomic E-state index is -0.777. The Bertz CT molecular complexity index is 1400. The average Bonchev–Trinajstić information content (AvgIpc) is 3.47. The summed E-state index contributed by atoms with van der Waals surface area (Å²) in [6.07, 6.45) is 88.6. The summed E-state index contributed by atoms with van der Waals surface area (Å²) in [5, 5.41) is 0. The maximum absolute atomic E-state index is 12.9. The third kappa shape index (κ3) is 68.0. The SMILES string of the molecule is CCCC/C=C\C/C=C\CCCCCCCC(=O)OCC(COC(=O)CCCCCCCCCCCCCCCCCCCCC/C=C\C/C=C\CCCCCCC)OC(=O)CCCCCCCCCCCCCCCCCCCC. The predicted octanol–water partition coefficient (Wildman–Crippen LogP) is 24.9. The van der Waals surface area contributed by atoms with Crippen molar-refractivity contribution >= 4 is 17.9 Å². The van der Waals surface area contributed by atoms with Crippen LogP contribution in [-0.2, 0) is 28.6 Å². The van der Waals surface area contributed by atoms with Crippen LogP contribution in [0.1, 0.15) is 393 Å². The van der Waals surface area contributed by atoms with Gasteiger partial charge in [-0.3, -0.25) is 14.4 Å². The van der Waals surface area contributed by atoms with E-state index in [0.717, 1.165) is 83.5 Å². The van der Waals surface area contributed by atoms with Crippen LogP contribution in [0.2, 0.25) is 0 Å². The molecule has 0 heterocycles. The molecule has 0 saturated heterocycles. The molecule has 6 nitrogen and oxygen atoms in total. The maximum atomic E-state index is 12.9. The zero-order valence-corrected chi connectivity index (χ0v) is 54.6. The summed E-state index contributed by atoms with van der Waals surface area (Å²) in [7, 11) is 0. The van der Waals surface area contributed by atoms with Gasteiger partial charge in [0.15, 0.2) is 6.10 Å². The molecule has 0 amide bonds. The van der Waals surface area contributed by atoms with E-state index < -0.39 is 6.10 Å². The van der Waals surface area contributed by atoms with Crippen molar-refractivity contribution in [3.63, 3.8) is 0 Å². The summed E-state index contributed by atoms with van der Waals surface area (Å²) in [5.74, 6) is -0.858. The molecule has 6 heteroatoms. The van der Waals surface area contributed by atoms with Gasteiger partial charge >= 0.3 is 17.9 Å². The Kier molecular flexibility index (Phi) is 67.6. The van der Waals surface area contributed by atoms with Gasteiger partial charge in [0.05, 0.1) is 0 Å². The Balaban J connectivity index is 4.17. The van der Waals surface area contributed by atoms with E-state index in [4.69, 9.17) is 14.2 Å². The molecule has 0 aromatic heterocycles. The zero-order chi connectivity index (χ0) is 58.5. The van der Waals surface area contributed by atoms with Crippen LogP contribution in [0.4, 0.5) is 0 Å². The van der Waals surface area contributed by atoms with Crippen molar-refractivity contribution < 1.29 is 28.6 Å². The lowest BCUT2D eigenvalue weighted by Crippen LogP contribution is -2.30. The van der Waals surface area contributed by atoms with E-state index in [-0.39, 0.29) is 31.1 Å². The Morgan fingerprint density at radius 3 is 0.716 bits per heavy atom. The van der Waals surface area contributed by atoms with E-state index in [1.165, 1.54) is 270 Å². The first-order valence-corrected chi connectivity index (χ1v) is 36.1. The van der Waals surface area contributed by atoms with Crippen molar-refractivity contribution in [3.05, 3.63) is 48.6 Å². The summed E-state index contributed by atoms with van der Waals surface area (Å²) >= 11 is 0. The number of ether oxygens (including phenoxy) is 3. The molecule has 0 spiro atoms. The van der Waals surface area contributed by atoms with E-state index in [2.05, 4.69) is 69.4 Å². The van der Waals surface area contributed by atoms with Gasteiger partial charge in [0, 0.05) is 19.3 Å². The van der Waals surface area contributed by atoms with Crippen LogP contribution in [0.3, 0.4) is 0 Å². The average molecular weight is 1140 g/mol. The maximum Gasteiger partial charge on any atom is 0.306 e. The first kappa shape index (κ1) is 78.4. The molecular formula is C75H138O6. The van der Waals surface area contributed by atoms with E-state index in [0.29, 0.717) is 19.3 Å². The highest BCUT2D eigenvalue weighted by atomic mass is 16.6. The van der Waals surface area contributed by atoms with Gasteiger partial charge in [0.25, 0.3) is 0 Å². The number of carbonyl (C=O) groups excluding carboxylic acids is 3. The number of rotatable bonds is 67. The standard InChI is InChI=1S/C75H138O6/c1-4-7-10-13-16-19-22-25-28-30-32-33-34-35-36-37-38-39-40-41-42-43-44-46-47-50-53-56-59-62-65-68-74(77)80-71-72(70-79-73(76)67-64-61-58-55-52-49-27-24-21-18-15-12-9-6-3)81-75(78)69-66-63-60-57-54-51-48-45-31-29-26-23-20-17-14-11-8-5-2/h15,18,22,24-25,27,30,32,72H,4-14,16-17,19-21,23,26,28-29,31,33-71H2,1-3H3/b18-15-,25-22-,27-24-,32-30-. The first-order chi connectivity index (χ1) is 40.0. The van der Waals surface area contributed by atoms with E-state index >= 15 is 0 Å². The highest BCUT2D eigenvalue weighted by Gasteiger charge is 2.19. The second-order valence-corrected chi connectivity index (χ2v) is 24.5. The number of hydrogen-bond acceptors (Lipinski definition) is 6. The second-order valence-electron chi connectivity index (χ2n) is 24.5. The summed E-state index contributed by atoms with van der Waals surface area (Å²) in [6.45, 7) is 6.65. The van der Waals surface area contributed by atoms with Crippen molar-refractivity contribution in [2.45, 2.75) is 399 Å². The molecule has 0 aromatic rings. The van der Waals surface area contributed by atoms with Crippen molar-refractivity contribution in [1.29, 1.82) is 0 Å². The number of hydrogen-bond donors (Lipinski definition) is 0. The molecular weight excluding hydrogens is 997 g/mol. The van der Waals surface area contributed by atoms with Crippen molar-refractivity contribution in [3.8, 4) is 0 Å². The van der Waals surface area contributed by atoms with Crippen LogP contribution in [0, 0.1) is 0 Å². The van der Waals surface area contributed by atoms with Crippen LogP contribution in [0.25, 0.3) is 0 Å². The molecule has 0 radical (unpaired) electrons. The molecule has 0 saturated carbocycles. The molecule has 1 atom stereocenters.